The first-order valence-corrected chi connectivity index (χ1v) is 16.3. The smallest absolute Gasteiger partial charge is 0.300 e. The summed E-state index contributed by atoms with van der Waals surface area (Å²) in [6.45, 7) is 11.7. The molecule has 0 spiro atoms. The van der Waals surface area contributed by atoms with Crippen LogP contribution in [-0.4, -0.2) is 31.8 Å². The number of aliphatic hydroxyl groups is 2. The minimum absolute atomic E-state index is 0.102. The van der Waals surface area contributed by atoms with E-state index >= 15 is 0 Å². The molecule has 4 N–H and O–H groups in total. The van der Waals surface area contributed by atoms with Gasteiger partial charge < -0.3 is 15.6 Å². The maximum absolute atomic E-state index is 12.5. The van der Waals surface area contributed by atoms with E-state index < -0.39 is 27.2 Å². The standard InChI is InChI=1S/C33H50N4O6/c1-20(2)7-6-8-21(3)24-10-11-25-30-26(14-15-31(24,25)4)32(5)16-13-23(38)18-33(32,39)27(30)19-34-35-28-12-9-22(36(40)41)17-29(28)37(42)43/h9,12,17,19-21,23-26,30,34-35,38-39H,6-8,10-11,13-16,18H2,1-5H3/t21-,23+,24-,25?,26?,30?,31-,32-,33-/m1/s1. The number of nitro groups is 2. The van der Waals surface area contributed by atoms with E-state index in [1.807, 2.05) is 0 Å². The quantitative estimate of drug-likeness (QED) is 0.164. The molecular formula is C33H50N4O6. The lowest BCUT2D eigenvalue weighted by Gasteiger charge is -2.52. The van der Waals surface area contributed by atoms with Crippen LogP contribution in [-0.2, 0) is 0 Å². The number of anilines is 1. The van der Waals surface area contributed by atoms with Crippen molar-refractivity contribution >= 4 is 17.1 Å². The van der Waals surface area contributed by atoms with E-state index in [0.717, 1.165) is 43.2 Å². The Balaban J connectivity index is 1.46. The summed E-state index contributed by atoms with van der Waals surface area (Å²) in [4.78, 5) is 21.6. The SMILES string of the molecule is CC(C)CCC[C@@H](C)[C@H]1CCC2C3C(=CNNc4ccc([N+](=O)[O-])cc4[N+](=O)[O-])[C@]4(O)C[C@@H](O)CC[C@]4(C)C3CC[C@@]21C. The average molecular weight is 599 g/mol. The summed E-state index contributed by atoms with van der Waals surface area (Å²) in [6.07, 6.45) is 11.2. The lowest BCUT2D eigenvalue weighted by Crippen LogP contribution is -2.52. The van der Waals surface area contributed by atoms with Gasteiger partial charge in [-0.15, -0.1) is 0 Å². The van der Waals surface area contributed by atoms with Gasteiger partial charge in [0.25, 0.3) is 5.69 Å². The molecule has 0 saturated heterocycles. The zero-order valence-electron chi connectivity index (χ0n) is 26.3. The fourth-order valence-electron chi connectivity index (χ4n) is 10.2. The minimum atomic E-state index is -1.19. The highest BCUT2D eigenvalue weighted by atomic mass is 16.6. The van der Waals surface area contributed by atoms with E-state index in [0.29, 0.717) is 30.1 Å². The van der Waals surface area contributed by atoms with Gasteiger partial charge >= 0.3 is 5.69 Å². The molecule has 0 heterocycles. The number of nitrogens with zero attached hydrogens (tertiary/aromatic N) is 2. The highest BCUT2D eigenvalue weighted by molar-refractivity contribution is 5.65. The van der Waals surface area contributed by atoms with Gasteiger partial charge in [-0.05, 0) is 91.1 Å². The van der Waals surface area contributed by atoms with Gasteiger partial charge in [0.2, 0.25) is 0 Å². The molecule has 9 atom stereocenters. The molecule has 4 aliphatic rings. The van der Waals surface area contributed by atoms with Gasteiger partial charge in [-0.1, -0.05) is 53.9 Å². The van der Waals surface area contributed by atoms with Crippen molar-refractivity contribution in [2.24, 2.45) is 46.3 Å². The molecule has 4 fully saturated rings. The Morgan fingerprint density at radius 3 is 2.44 bits per heavy atom. The van der Waals surface area contributed by atoms with Crippen molar-refractivity contribution in [1.82, 2.24) is 5.43 Å². The number of hydrogen-bond acceptors (Lipinski definition) is 8. The number of fused-ring (bicyclic) bond motifs is 5. The van der Waals surface area contributed by atoms with Crippen LogP contribution in [0.3, 0.4) is 0 Å². The van der Waals surface area contributed by atoms with Crippen LogP contribution in [0.5, 0.6) is 0 Å². The summed E-state index contributed by atoms with van der Waals surface area (Å²) < 4.78 is 0. The molecule has 0 bridgehead atoms. The van der Waals surface area contributed by atoms with Crippen molar-refractivity contribution in [3.8, 4) is 0 Å². The molecule has 10 heteroatoms. The van der Waals surface area contributed by atoms with Crippen molar-refractivity contribution in [2.75, 3.05) is 5.43 Å². The third kappa shape index (κ3) is 5.32. The van der Waals surface area contributed by atoms with Crippen molar-refractivity contribution in [3.63, 3.8) is 0 Å². The summed E-state index contributed by atoms with van der Waals surface area (Å²) in [5.41, 5.74) is 4.77. The van der Waals surface area contributed by atoms with Crippen molar-refractivity contribution in [2.45, 2.75) is 111 Å². The lowest BCUT2D eigenvalue weighted by atomic mass is 9.53. The van der Waals surface area contributed by atoms with Gasteiger partial charge in [0.05, 0.1) is 27.6 Å². The lowest BCUT2D eigenvalue weighted by molar-refractivity contribution is -0.393. The van der Waals surface area contributed by atoms with Crippen molar-refractivity contribution in [3.05, 3.63) is 50.2 Å². The zero-order valence-corrected chi connectivity index (χ0v) is 26.3. The van der Waals surface area contributed by atoms with Crippen LogP contribution in [0.4, 0.5) is 17.1 Å². The molecule has 0 aromatic heterocycles. The number of rotatable bonds is 10. The minimum Gasteiger partial charge on any atom is -0.393 e. The predicted octanol–water partition coefficient (Wildman–Crippen LogP) is 7.12. The Bertz CT molecular complexity index is 1270. The maximum atomic E-state index is 12.5. The third-order valence-electron chi connectivity index (χ3n) is 12.4. The average Bonchev–Trinajstić information content (AvgIpc) is 3.38. The number of aliphatic hydroxyl groups excluding tert-OH is 1. The molecule has 238 valence electrons. The van der Waals surface area contributed by atoms with Gasteiger partial charge in [0, 0.05) is 24.1 Å². The first-order chi connectivity index (χ1) is 20.2. The van der Waals surface area contributed by atoms with Gasteiger partial charge in [0.15, 0.2) is 0 Å². The molecular weight excluding hydrogens is 548 g/mol. The van der Waals surface area contributed by atoms with Crippen LogP contribution in [0.25, 0.3) is 0 Å². The third-order valence-corrected chi connectivity index (χ3v) is 12.4. The largest absolute Gasteiger partial charge is 0.393 e. The van der Waals surface area contributed by atoms with E-state index in [-0.39, 0.29) is 34.5 Å². The summed E-state index contributed by atoms with van der Waals surface area (Å²) in [6, 6.07) is 3.49. The summed E-state index contributed by atoms with van der Waals surface area (Å²) >= 11 is 0. The van der Waals surface area contributed by atoms with Crippen LogP contribution in [0.2, 0.25) is 0 Å². The van der Waals surface area contributed by atoms with E-state index in [1.165, 1.54) is 37.8 Å². The van der Waals surface area contributed by atoms with Crippen molar-refractivity contribution < 1.29 is 20.1 Å². The van der Waals surface area contributed by atoms with Crippen molar-refractivity contribution in [1.29, 1.82) is 0 Å². The number of hydrazine groups is 1. The molecule has 0 amide bonds. The highest BCUT2D eigenvalue weighted by Gasteiger charge is 2.70. The Labute approximate surface area is 255 Å². The molecule has 4 saturated carbocycles. The Morgan fingerprint density at radius 1 is 1.02 bits per heavy atom. The summed E-state index contributed by atoms with van der Waals surface area (Å²) in [5.74, 6) is 2.84. The van der Waals surface area contributed by atoms with Gasteiger partial charge in [-0.2, -0.15) is 0 Å². The van der Waals surface area contributed by atoms with Crippen LogP contribution in [0.1, 0.15) is 98.8 Å². The first-order valence-electron chi connectivity index (χ1n) is 16.3. The molecule has 1 aromatic rings. The number of benzene rings is 1. The number of hydrogen-bond donors (Lipinski definition) is 4. The predicted molar refractivity (Wildman–Crippen MR) is 166 cm³/mol. The molecule has 4 aliphatic carbocycles. The number of nitrogens with one attached hydrogen (secondary N) is 2. The fourth-order valence-corrected chi connectivity index (χ4v) is 10.2. The first kappa shape index (κ1) is 31.7. The van der Waals surface area contributed by atoms with E-state index in [1.54, 1.807) is 6.20 Å². The van der Waals surface area contributed by atoms with Gasteiger partial charge in [-0.3, -0.25) is 25.7 Å². The van der Waals surface area contributed by atoms with E-state index in [4.69, 9.17) is 0 Å². The van der Waals surface area contributed by atoms with E-state index in [9.17, 15) is 30.4 Å². The zero-order chi connectivity index (χ0) is 31.3. The van der Waals surface area contributed by atoms with Crippen LogP contribution in [0, 0.1) is 66.6 Å². The van der Waals surface area contributed by atoms with E-state index in [2.05, 4.69) is 45.5 Å². The van der Waals surface area contributed by atoms with Gasteiger partial charge in [0.1, 0.15) is 5.69 Å². The molecule has 1 aromatic carbocycles. The number of non-ortho nitro benzene ring substituents is 1. The molecule has 5 rings (SSSR count). The second-order valence-corrected chi connectivity index (χ2v) is 15.0. The van der Waals surface area contributed by atoms with Crippen LogP contribution in [0.15, 0.2) is 30.0 Å². The topological polar surface area (TPSA) is 151 Å². The second kappa shape index (κ2) is 11.7. The Hall–Kier alpha value is -2.72. The molecule has 0 radical (unpaired) electrons. The van der Waals surface area contributed by atoms with Crippen LogP contribution < -0.4 is 10.9 Å². The second-order valence-electron chi connectivity index (χ2n) is 15.0. The molecule has 0 aliphatic heterocycles. The van der Waals surface area contributed by atoms with Gasteiger partial charge in [-0.25, -0.2) is 0 Å². The molecule has 3 unspecified atom stereocenters. The highest BCUT2D eigenvalue weighted by Crippen LogP contribution is 2.73. The summed E-state index contributed by atoms with van der Waals surface area (Å²) in [7, 11) is 0. The maximum Gasteiger partial charge on any atom is 0.300 e. The normalized spacial score (nSPS) is 38.3. The summed E-state index contributed by atoms with van der Waals surface area (Å²) in [5, 5.41) is 46.2. The number of nitro benzene ring substituents is 2. The Kier molecular flexibility index (Phi) is 8.59. The molecule has 43 heavy (non-hydrogen) atoms. The molecule has 10 nitrogen and oxygen atoms in total. The monoisotopic (exact) mass is 598 g/mol. The fraction of sp³-hybridized carbons (Fsp3) is 0.758. The Morgan fingerprint density at radius 2 is 1.77 bits per heavy atom. The van der Waals surface area contributed by atoms with Crippen LogP contribution >= 0.6 is 0 Å².